The molecule has 0 radical (unpaired) electrons. The highest BCUT2D eigenvalue weighted by Gasteiger charge is 2.25. The van der Waals surface area contributed by atoms with Gasteiger partial charge < -0.3 is 10.6 Å². The fourth-order valence-corrected chi connectivity index (χ4v) is 2.81. The molecule has 0 saturated carbocycles. The minimum atomic E-state index is 0. The number of halogens is 1. The molecule has 1 aliphatic rings. The summed E-state index contributed by atoms with van der Waals surface area (Å²) in [6.45, 7) is 8.24. The molecule has 1 saturated heterocycles. The third-order valence-corrected chi connectivity index (χ3v) is 4.26. The number of carbonyl (C=O) groups is 1. The molecule has 0 bridgehead atoms. The number of piperidine rings is 1. The van der Waals surface area contributed by atoms with Gasteiger partial charge in [-0.25, -0.2) is 0 Å². The van der Waals surface area contributed by atoms with E-state index >= 15 is 0 Å². The summed E-state index contributed by atoms with van der Waals surface area (Å²) in [6, 6.07) is 5.56. The van der Waals surface area contributed by atoms with E-state index in [-0.39, 0.29) is 18.3 Å². The number of rotatable bonds is 2. The number of anilines is 1. The topological polar surface area (TPSA) is 46.3 Å². The Bertz CT molecular complexity index is 466. The molecule has 2 N–H and O–H groups in total. The lowest BCUT2D eigenvalue weighted by Gasteiger charge is -2.34. The number of nitrogens with zero attached hydrogens (tertiary/aromatic N) is 1. The molecule has 3 nitrogen and oxygen atoms in total. The molecule has 1 aliphatic heterocycles. The maximum atomic E-state index is 12.5. The van der Waals surface area contributed by atoms with Gasteiger partial charge in [0, 0.05) is 24.3 Å². The fourth-order valence-electron chi connectivity index (χ4n) is 2.81. The van der Waals surface area contributed by atoms with Gasteiger partial charge in [-0.2, -0.15) is 0 Å². The van der Waals surface area contributed by atoms with Crippen LogP contribution in [0.5, 0.6) is 0 Å². The average molecular weight is 297 g/mol. The summed E-state index contributed by atoms with van der Waals surface area (Å²) in [6.07, 6.45) is 2.23. The predicted molar refractivity (Wildman–Crippen MR) is 86.3 cm³/mol. The van der Waals surface area contributed by atoms with Gasteiger partial charge in [0.2, 0.25) is 0 Å². The van der Waals surface area contributed by atoms with Crippen LogP contribution in [0.3, 0.4) is 0 Å². The molecule has 2 rings (SSSR count). The number of hydrogen-bond acceptors (Lipinski definition) is 2. The number of aryl methyl sites for hydroxylation is 1. The third kappa shape index (κ3) is 3.66. The van der Waals surface area contributed by atoms with E-state index in [2.05, 4.69) is 13.8 Å². The third-order valence-electron chi connectivity index (χ3n) is 4.26. The maximum Gasteiger partial charge on any atom is 0.254 e. The van der Waals surface area contributed by atoms with Crippen molar-refractivity contribution in [1.29, 1.82) is 0 Å². The summed E-state index contributed by atoms with van der Waals surface area (Å²) in [4.78, 5) is 14.5. The molecule has 4 heteroatoms. The highest BCUT2D eigenvalue weighted by molar-refractivity contribution is 5.96. The summed E-state index contributed by atoms with van der Waals surface area (Å²) in [7, 11) is 0. The Labute approximate surface area is 127 Å². The predicted octanol–water partition coefficient (Wildman–Crippen LogP) is 3.51. The first-order valence-electron chi connectivity index (χ1n) is 7.14. The Kier molecular flexibility index (Phi) is 5.88. The van der Waals surface area contributed by atoms with Crippen molar-refractivity contribution in [1.82, 2.24) is 4.90 Å². The first kappa shape index (κ1) is 16.8. The van der Waals surface area contributed by atoms with Gasteiger partial charge in [-0.15, -0.1) is 12.4 Å². The number of benzene rings is 1. The lowest BCUT2D eigenvalue weighted by molar-refractivity contribution is 0.0667. The Morgan fingerprint density at radius 3 is 2.45 bits per heavy atom. The largest absolute Gasteiger partial charge is 0.399 e. The summed E-state index contributed by atoms with van der Waals surface area (Å²) >= 11 is 0. The Balaban J connectivity index is 0.00000200. The van der Waals surface area contributed by atoms with Crippen LogP contribution < -0.4 is 5.73 Å². The molecule has 1 amide bonds. The van der Waals surface area contributed by atoms with E-state index in [9.17, 15) is 4.79 Å². The quantitative estimate of drug-likeness (QED) is 0.849. The van der Waals surface area contributed by atoms with Gasteiger partial charge in [-0.1, -0.05) is 19.9 Å². The summed E-state index contributed by atoms with van der Waals surface area (Å²) in [5.41, 5.74) is 8.20. The normalized spacial score (nSPS) is 16.1. The summed E-state index contributed by atoms with van der Waals surface area (Å²) in [5, 5.41) is 0. The van der Waals surface area contributed by atoms with Crippen LogP contribution in [-0.2, 0) is 0 Å². The molecular weight excluding hydrogens is 272 g/mol. The molecular formula is C16H25ClN2O. The van der Waals surface area contributed by atoms with E-state index in [1.807, 2.05) is 24.0 Å². The summed E-state index contributed by atoms with van der Waals surface area (Å²) < 4.78 is 0. The standard InChI is InChI=1S/C16H24N2O.ClH/c1-11(2)13-6-8-18(9-7-13)16(19)15-10-14(17)5-4-12(15)3;/h4-5,10-11,13H,6-9,17H2,1-3H3;1H. The van der Waals surface area contributed by atoms with Crippen molar-refractivity contribution in [2.75, 3.05) is 18.8 Å². The van der Waals surface area contributed by atoms with Crippen LogP contribution in [0.15, 0.2) is 18.2 Å². The number of carbonyl (C=O) groups excluding carboxylic acids is 1. The van der Waals surface area contributed by atoms with E-state index in [0.717, 1.165) is 43.0 Å². The zero-order valence-electron chi connectivity index (χ0n) is 12.6. The lowest BCUT2D eigenvalue weighted by atomic mass is 9.86. The molecule has 0 aromatic heterocycles. The van der Waals surface area contributed by atoms with Crippen LogP contribution in [0, 0.1) is 18.8 Å². The SMILES string of the molecule is Cc1ccc(N)cc1C(=O)N1CCC(C(C)C)CC1.Cl. The van der Waals surface area contributed by atoms with Gasteiger partial charge in [0.25, 0.3) is 5.91 Å². The Morgan fingerprint density at radius 1 is 1.30 bits per heavy atom. The van der Waals surface area contributed by atoms with Crippen molar-refractivity contribution >= 4 is 24.0 Å². The van der Waals surface area contributed by atoms with Gasteiger partial charge in [0.15, 0.2) is 0 Å². The van der Waals surface area contributed by atoms with E-state index in [4.69, 9.17) is 5.73 Å². The number of amides is 1. The van der Waals surface area contributed by atoms with Crippen molar-refractivity contribution in [3.8, 4) is 0 Å². The second-order valence-corrected chi connectivity index (χ2v) is 5.95. The van der Waals surface area contributed by atoms with E-state index < -0.39 is 0 Å². The van der Waals surface area contributed by atoms with Gasteiger partial charge in [0.05, 0.1) is 0 Å². The van der Waals surface area contributed by atoms with E-state index in [1.54, 1.807) is 6.07 Å². The number of nitrogen functional groups attached to an aromatic ring is 1. The van der Waals surface area contributed by atoms with Crippen LogP contribution >= 0.6 is 12.4 Å². The fraction of sp³-hybridized carbons (Fsp3) is 0.562. The molecule has 1 fully saturated rings. The number of hydrogen-bond donors (Lipinski definition) is 1. The molecule has 20 heavy (non-hydrogen) atoms. The first-order chi connectivity index (χ1) is 8.99. The highest BCUT2D eigenvalue weighted by atomic mass is 35.5. The average Bonchev–Trinajstić information content (AvgIpc) is 2.41. The maximum absolute atomic E-state index is 12.5. The molecule has 1 aromatic rings. The molecule has 0 atom stereocenters. The van der Waals surface area contributed by atoms with Gasteiger partial charge in [0.1, 0.15) is 0 Å². The Hall–Kier alpha value is -1.22. The van der Waals surface area contributed by atoms with Crippen LogP contribution in [0.1, 0.15) is 42.6 Å². The van der Waals surface area contributed by atoms with Crippen LogP contribution in [-0.4, -0.2) is 23.9 Å². The van der Waals surface area contributed by atoms with Crippen molar-refractivity contribution in [2.45, 2.75) is 33.6 Å². The first-order valence-corrected chi connectivity index (χ1v) is 7.14. The molecule has 0 spiro atoms. The molecule has 1 aromatic carbocycles. The zero-order valence-corrected chi connectivity index (χ0v) is 13.4. The van der Waals surface area contributed by atoms with Gasteiger partial charge >= 0.3 is 0 Å². The Morgan fingerprint density at radius 2 is 1.90 bits per heavy atom. The molecule has 1 heterocycles. The monoisotopic (exact) mass is 296 g/mol. The van der Waals surface area contributed by atoms with Crippen LogP contribution in [0.2, 0.25) is 0 Å². The van der Waals surface area contributed by atoms with Crippen LogP contribution in [0.25, 0.3) is 0 Å². The van der Waals surface area contributed by atoms with Crippen molar-refractivity contribution in [3.05, 3.63) is 29.3 Å². The minimum Gasteiger partial charge on any atom is -0.399 e. The van der Waals surface area contributed by atoms with E-state index in [0.29, 0.717) is 11.6 Å². The van der Waals surface area contributed by atoms with E-state index in [1.165, 1.54) is 0 Å². The van der Waals surface area contributed by atoms with Gasteiger partial charge in [-0.05, 0) is 49.3 Å². The highest BCUT2D eigenvalue weighted by Crippen LogP contribution is 2.26. The molecule has 0 aliphatic carbocycles. The number of likely N-dealkylation sites (tertiary alicyclic amines) is 1. The zero-order chi connectivity index (χ0) is 14.0. The molecule has 0 unspecified atom stereocenters. The van der Waals surface area contributed by atoms with Crippen molar-refractivity contribution in [2.24, 2.45) is 11.8 Å². The minimum absolute atomic E-state index is 0. The smallest absolute Gasteiger partial charge is 0.254 e. The number of nitrogens with two attached hydrogens (primary N) is 1. The second kappa shape index (κ2) is 6.98. The lowest BCUT2D eigenvalue weighted by Crippen LogP contribution is -2.39. The van der Waals surface area contributed by atoms with Gasteiger partial charge in [-0.3, -0.25) is 4.79 Å². The summed E-state index contributed by atoms with van der Waals surface area (Å²) in [5.74, 6) is 1.60. The van der Waals surface area contributed by atoms with Crippen LogP contribution in [0.4, 0.5) is 5.69 Å². The second-order valence-electron chi connectivity index (χ2n) is 5.95. The van der Waals surface area contributed by atoms with Crippen molar-refractivity contribution in [3.63, 3.8) is 0 Å². The van der Waals surface area contributed by atoms with Crippen molar-refractivity contribution < 1.29 is 4.79 Å². The molecule has 112 valence electrons.